The minimum atomic E-state index is 1.11. The van der Waals surface area contributed by atoms with Crippen LogP contribution in [-0.4, -0.2) is 8.97 Å². The van der Waals surface area contributed by atoms with Crippen LogP contribution in [0.15, 0.2) is 164 Å². The molecular formula is C42H27N3. The van der Waals surface area contributed by atoms with Crippen molar-refractivity contribution in [2.75, 3.05) is 4.90 Å². The zero-order valence-electron chi connectivity index (χ0n) is 24.4. The molecule has 0 radical (unpaired) electrons. The summed E-state index contributed by atoms with van der Waals surface area (Å²) in [6.45, 7) is 0. The van der Waals surface area contributed by atoms with Gasteiger partial charge in [-0.05, 0) is 72.1 Å². The lowest BCUT2D eigenvalue weighted by atomic mass is 10.0. The van der Waals surface area contributed by atoms with Crippen LogP contribution in [0, 0.1) is 0 Å². The highest BCUT2D eigenvalue weighted by Gasteiger charge is 2.22. The molecule has 0 N–H and O–H groups in total. The predicted molar refractivity (Wildman–Crippen MR) is 190 cm³/mol. The van der Waals surface area contributed by atoms with Gasteiger partial charge in [0.2, 0.25) is 0 Å². The van der Waals surface area contributed by atoms with E-state index in [0.717, 1.165) is 22.7 Å². The van der Waals surface area contributed by atoms with Gasteiger partial charge in [-0.15, -0.1) is 0 Å². The molecular weight excluding hydrogens is 546 g/mol. The summed E-state index contributed by atoms with van der Waals surface area (Å²) in [7, 11) is 0. The molecule has 0 bridgehead atoms. The van der Waals surface area contributed by atoms with Gasteiger partial charge >= 0.3 is 0 Å². The topological polar surface area (TPSA) is 12.6 Å². The number of anilines is 3. The summed E-state index contributed by atoms with van der Waals surface area (Å²) >= 11 is 0. The van der Waals surface area contributed by atoms with Crippen LogP contribution in [0.4, 0.5) is 17.1 Å². The van der Waals surface area contributed by atoms with Crippen LogP contribution in [0.5, 0.6) is 0 Å². The van der Waals surface area contributed by atoms with E-state index in [1.807, 2.05) is 0 Å². The summed E-state index contributed by atoms with van der Waals surface area (Å²) in [4.78, 5) is 2.33. The van der Waals surface area contributed by atoms with Gasteiger partial charge in [-0.25, -0.2) is 0 Å². The molecule has 210 valence electrons. The third kappa shape index (κ3) is 3.35. The van der Waals surface area contributed by atoms with Gasteiger partial charge in [0.1, 0.15) is 0 Å². The van der Waals surface area contributed by atoms with E-state index in [-0.39, 0.29) is 0 Å². The Balaban J connectivity index is 1.33. The molecule has 0 aliphatic heterocycles. The van der Waals surface area contributed by atoms with Crippen LogP contribution in [0.3, 0.4) is 0 Å². The number of rotatable bonds is 4. The van der Waals surface area contributed by atoms with E-state index in [9.17, 15) is 0 Å². The number of aromatic nitrogens is 2. The molecule has 10 rings (SSSR count). The highest BCUT2D eigenvalue weighted by molar-refractivity contribution is 6.31. The van der Waals surface area contributed by atoms with Crippen LogP contribution in [-0.2, 0) is 0 Å². The Morgan fingerprint density at radius 3 is 1.64 bits per heavy atom. The molecule has 0 aliphatic rings. The molecule has 3 nitrogen and oxygen atoms in total. The summed E-state index contributed by atoms with van der Waals surface area (Å²) in [5, 5.41) is 7.73. The molecule has 0 unspecified atom stereocenters. The largest absolute Gasteiger partial charge is 0.310 e. The van der Waals surface area contributed by atoms with Gasteiger partial charge < -0.3 is 13.9 Å². The molecule has 0 saturated heterocycles. The predicted octanol–water partition coefficient (Wildman–Crippen LogP) is 11.4. The molecule has 45 heavy (non-hydrogen) atoms. The first kappa shape index (κ1) is 24.4. The lowest BCUT2D eigenvalue weighted by molar-refractivity contribution is 1.17. The first-order valence-corrected chi connectivity index (χ1v) is 15.5. The van der Waals surface area contributed by atoms with Crippen molar-refractivity contribution in [1.82, 2.24) is 8.97 Å². The molecule has 0 amide bonds. The maximum atomic E-state index is 2.50. The highest BCUT2D eigenvalue weighted by atomic mass is 15.1. The fraction of sp³-hybridized carbons (Fsp3) is 0. The molecule has 0 spiro atoms. The van der Waals surface area contributed by atoms with E-state index in [4.69, 9.17) is 0 Å². The van der Waals surface area contributed by atoms with E-state index in [1.54, 1.807) is 0 Å². The molecule has 0 atom stereocenters. The van der Waals surface area contributed by atoms with Crippen molar-refractivity contribution >= 4 is 77.0 Å². The minimum Gasteiger partial charge on any atom is -0.310 e. The SMILES string of the molecule is c1ccc(N(c2ccccc2)c2cccc(-n3c4cccc5c6cccc7c8ccccc8n(c8cccc3c8c54)c67)c2)cc1. The minimum absolute atomic E-state index is 1.11. The zero-order chi connectivity index (χ0) is 29.5. The lowest BCUT2D eigenvalue weighted by Crippen LogP contribution is -2.10. The van der Waals surface area contributed by atoms with Crippen LogP contribution < -0.4 is 4.90 Å². The van der Waals surface area contributed by atoms with Crippen molar-refractivity contribution in [3.8, 4) is 5.69 Å². The maximum absolute atomic E-state index is 2.50. The van der Waals surface area contributed by atoms with Crippen molar-refractivity contribution in [3.05, 3.63) is 164 Å². The van der Waals surface area contributed by atoms with Gasteiger partial charge in [0.05, 0.1) is 27.6 Å². The first-order chi connectivity index (χ1) is 22.4. The van der Waals surface area contributed by atoms with Crippen LogP contribution in [0.2, 0.25) is 0 Å². The van der Waals surface area contributed by atoms with Crippen LogP contribution in [0.1, 0.15) is 0 Å². The second-order valence-electron chi connectivity index (χ2n) is 11.8. The molecule has 0 saturated carbocycles. The van der Waals surface area contributed by atoms with Gasteiger partial charge in [-0.1, -0.05) is 97.1 Å². The Hall–Kier alpha value is -6.06. The summed E-state index contributed by atoms with van der Waals surface area (Å²) < 4.78 is 4.95. The second-order valence-corrected chi connectivity index (χ2v) is 11.8. The lowest BCUT2D eigenvalue weighted by Gasteiger charge is -2.26. The number of benzene rings is 7. The van der Waals surface area contributed by atoms with Crippen molar-refractivity contribution in [3.63, 3.8) is 0 Å². The van der Waals surface area contributed by atoms with E-state index < -0.39 is 0 Å². The monoisotopic (exact) mass is 573 g/mol. The smallest absolute Gasteiger partial charge is 0.0619 e. The maximum Gasteiger partial charge on any atom is 0.0619 e. The molecule has 0 fully saturated rings. The Kier molecular flexibility index (Phi) is 5.00. The Bertz CT molecular complexity index is 2660. The third-order valence-corrected chi connectivity index (χ3v) is 9.40. The highest BCUT2D eigenvalue weighted by Crippen LogP contribution is 2.44. The number of hydrogen-bond donors (Lipinski definition) is 0. The normalized spacial score (nSPS) is 12.0. The van der Waals surface area contributed by atoms with Crippen molar-refractivity contribution in [1.29, 1.82) is 0 Å². The average Bonchev–Trinajstić information content (AvgIpc) is 3.58. The molecule has 3 heterocycles. The average molecular weight is 574 g/mol. The fourth-order valence-corrected chi connectivity index (χ4v) is 7.64. The Morgan fingerprint density at radius 2 is 0.867 bits per heavy atom. The van der Waals surface area contributed by atoms with Crippen LogP contribution in [0.25, 0.3) is 65.6 Å². The van der Waals surface area contributed by atoms with Gasteiger partial charge in [0.25, 0.3) is 0 Å². The zero-order valence-corrected chi connectivity index (χ0v) is 24.4. The fourth-order valence-electron chi connectivity index (χ4n) is 7.64. The Morgan fingerprint density at radius 1 is 0.356 bits per heavy atom. The number of hydrogen-bond acceptors (Lipinski definition) is 1. The van der Waals surface area contributed by atoms with E-state index >= 15 is 0 Å². The summed E-state index contributed by atoms with van der Waals surface area (Å²) in [6, 6.07) is 59.3. The van der Waals surface area contributed by atoms with E-state index in [2.05, 4.69) is 178 Å². The summed E-state index contributed by atoms with van der Waals surface area (Å²) in [5.74, 6) is 0. The van der Waals surface area contributed by atoms with Crippen LogP contribution >= 0.6 is 0 Å². The second kappa shape index (κ2) is 9.22. The van der Waals surface area contributed by atoms with Gasteiger partial charge in [0, 0.05) is 49.7 Å². The first-order valence-electron chi connectivity index (χ1n) is 15.5. The Labute approximate surface area is 259 Å². The molecule has 10 aromatic rings. The van der Waals surface area contributed by atoms with Crippen molar-refractivity contribution in [2.45, 2.75) is 0 Å². The van der Waals surface area contributed by atoms with E-state index in [0.29, 0.717) is 0 Å². The molecule has 3 aromatic heterocycles. The summed E-state index contributed by atoms with van der Waals surface area (Å²) in [5.41, 5.74) is 10.7. The van der Waals surface area contributed by atoms with E-state index in [1.165, 1.54) is 59.9 Å². The molecule has 3 heteroatoms. The number of para-hydroxylation sites is 4. The quantitative estimate of drug-likeness (QED) is 0.204. The van der Waals surface area contributed by atoms with Gasteiger partial charge in [-0.2, -0.15) is 0 Å². The molecule has 7 aromatic carbocycles. The third-order valence-electron chi connectivity index (χ3n) is 9.40. The summed E-state index contributed by atoms with van der Waals surface area (Å²) in [6.07, 6.45) is 0. The van der Waals surface area contributed by atoms with Crippen molar-refractivity contribution in [2.24, 2.45) is 0 Å². The molecule has 0 aliphatic carbocycles. The van der Waals surface area contributed by atoms with Gasteiger partial charge in [-0.3, -0.25) is 0 Å². The number of fused-ring (bicyclic) bond motifs is 5. The van der Waals surface area contributed by atoms with Gasteiger partial charge in [0.15, 0.2) is 0 Å². The number of nitrogens with zero attached hydrogens (tertiary/aromatic N) is 3. The van der Waals surface area contributed by atoms with Crippen molar-refractivity contribution < 1.29 is 0 Å². The standard InChI is InChI=1S/C42H27N3/c1-3-13-28(14-4-1)43(29-15-5-2-6-16-29)30-17-9-18-31(27-30)44-37-24-11-20-33-35-22-10-21-34-32-19-7-8-23-36(32)45(42(34)35)39-26-12-25-38(44)41(39)40(33)37/h1-27H.